The minimum Gasteiger partial charge on any atom is -0.456 e. The Labute approximate surface area is 156 Å². The standard InChI is InChI=1S/C19H18Cl2N2O2/c1-13-22-9-11-23(13)10-8-18(24)14-2-5-16(6-3-14)25-19-7-4-15(20)12-17(19)21/h2-7,9,11-12,18,24H,8,10H2,1H3. The Bertz CT molecular complexity index is 847. The van der Waals surface area contributed by atoms with Crippen LogP contribution >= 0.6 is 23.2 Å². The number of rotatable bonds is 6. The van der Waals surface area contributed by atoms with Gasteiger partial charge in [0, 0.05) is 24.0 Å². The van der Waals surface area contributed by atoms with Crippen molar-refractivity contribution >= 4 is 23.2 Å². The van der Waals surface area contributed by atoms with Crippen LogP contribution in [0.2, 0.25) is 10.0 Å². The van der Waals surface area contributed by atoms with Crippen molar-refractivity contribution in [1.82, 2.24) is 9.55 Å². The van der Waals surface area contributed by atoms with Crippen LogP contribution < -0.4 is 4.74 Å². The van der Waals surface area contributed by atoms with Gasteiger partial charge in [-0.3, -0.25) is 0 Å². The van der Waals surface area contributed by atoms with Crippen molar-refractivity contribution in [3.63, 3.8) is 0 Å². The third-order valence-electron chi connectivity index (χ3n) is 3.95. The van der Waals surface area contributed by atoms with Gasteiger partial charge >= 0.3 is 0 Å². The fourth-order valence-corrected chi connectivity index (χ4v) is 2.96. The third-order valence-corrected chi connectivity index (χ3v) is 4.48. The normalized spacial score (nSPS) is 12.2. The Morgan fingerprint density at radius 3 is 2.56 bits per heavy atom. The van der Waals surface area contributed by atoms with E-state index in [1.54, 1.807) is 24.4 Å². The molecule has 0 amide bonds. The van der Waals surface area contributed by atoms with E-state index < -0.39 is 6.10 Å². The third kappa shape index (κ3) is 4.54. The molecule has 6 heteroatoms. The Morgan fingerprint density at radius 2 is 1.92 bits per heavy atom. The first-order valence-electron chi connectivity index (χ1n) is 7.91. The first-order chi connectivity index (χ1) is 12.0. The molecule has 0 saturated carbocycles. The van der Waals surface area contributed by atoms with Crippen LogP contribution in [0, 0.1) is 6.92 Å². The minimum atomic E-state index is -0.546. The maximum atomic E-state index is 10.4. The quantitative estimate of drug-likeness (QED) is 0.625. The van der Waals surface area contributed by atoms with Gasteiger partial charge < -0.3 is 14.4 Å². The van der Waals surface area contributed by atoms with Crippen molar-refractivity contribution in [2.45, 2.75) is 26.0 Å². The predicted octanol–water partition coefficient (Wildman–Crippen LogP) is 5.41. The van der Waals surface area contributed by atoms with E-state index >= 15 is 0 Å². The number of hydrogen-bond donors (Lipinski definition) is 1. The molecule has 0 fully saturated rings. The number of aliphatic hydroxyl groups excluding tert-OH is 1. The van der Waals surface area contributed by atoms with Gasteiger partial charge in [0.2, 0.25) is 0 Å². The summed E-state index contributed by atoms with van der Waals surface area (Å²) in [6, 6.07) is 12.4. The highest BCUT2D eigenvalue weighted by molar-refractivity contribution is 6.35. The van der Waals surface area contributed by atoms with Gasteiger partial charge in [0.15, 0.2) is 0 Å². The fourth-order valence-electron chi connectivity index (χ4n) is 2.51. The van der Waals surface area contributed by atoms with Crippen molar-refractivity contribution in [2.75, 3.05) is 0 Å². The van der Waals surface area contributed by atoms with Crippen LogP contribution in [0.4, 0.5) is 0 Å². The zero-order valence-electron chi connectivity index (χ0n) is 13.7. The second kappa shape index (κ2) is 7.91. The highest BCUT2D eigenvalue weighted by Crippen LogP contribution is 2.32. The van der Waals surface area contributed by atoms with Gasteiger partial charge in [-0.2, -0.15) is 0 Å². The molecule has 0 aliphatic rings. The molecule has 0 aliphatic carbocycles. The summed E-state index contributed by atoms with van der Waals surface area (Å²) >= 11 is 12.0. The molecule has 4 nitrogen and oxygen atoms in total. The number of aliphatic hydroxyl groups is 1. The van der Waals surface area contributed by atoms with Gasteiger partial charge in [-0.05, 0) is 49.2 Å². The van der Waals surface area contributed by atoms with Gasteiger partial charge in [0.1, 0.15) is 17.3 Å². The highest BCUT2D eigenvalue weighted by Gasteiger charge is 2.10. The van der Waals surface area contributed by atoms with Gasteiger partial charge in [-0.15, -0.1) is 0 Å². The molecule has 0 radical (unpaired) electrons. The SMILES string of the molecule is Cc1nccn1CCC(O)c1ccc(Oc2ccc(Cl)cc2Cl)cc1. The van der Waals surface area contributed by atoms with E-state index in [1.807, 2.05) is 42.0 Å². The van der Waals surface area contributed by atoms with Crippen molar-refractivity contribution in [3.8, 4) is 11.5 Å². The van der Waals surface area contributed by atoms with Crippen molar-refractivity contribution in [1.29, 1.82) is 0 Å². The summed E-state index contributed by atoms with van der Waals surface area (Å²) in [6.07, 6.45) is 3.74. The Morgan fingerprint density at radius 1 is 1.16 bits per heavy atom. The maximum Gasteiger partial charge on any atom is 0.146 e. The lowest BCUT2D eigenvalue weighted by atomic mass is 10.1. The molecule has 1 N–H and O–H groups in total. The van der Waals surface area contributed by atoms with Crippen molar-refractivity contribution in [3.05, 3.63) is 76.3 Å². The number of nitrogens with zero attached hydrogens (tertiary/aromatic N) is 2. The monoisotopic (exact) mass is 376 g/mol. The number of imidazole rings is 1. The van der Waals surface area contributed by atoms with Crippen LogP contribution in [0.25, 0.3) is 0 Å². The molecule has 1 aromatic heterocycles. The molecule has 3 rings (SSSR count). The zero-order chi connectivity index (χ0) is 17.8. The lowest BCUT2D eigenvalue weighted by Crippen LogP contribution is -2.05. The molecule has 1 unspecified atom stereocenters. The summed E-state index contributed by atoms with van der Waals surface area (Å²) in [5, 5.41) is 11.4. The van der Waals surface area contributed by atoms with E-state index in [4.69, 9.17) is 27.9 Å². The minimum absolute atomic E-state index is 0.451. The lowest BCUT2D eigenvalue weighted by Gasteiger charge is -2.13. The second-order valence-corrected chi connectivity index (χ2v) is 6.56. The van der Waals surface area contributed by atoms with Gasteiger partial charge in [-0.25, -0.2) is 4.98 Å². The number of ether oxygens (including phenoxy) is 1. The molecule has 0 aliphatic heterocycles. The topological polar surface area (TPSA) is 47.3 Å². The number of aromatic nitrogens is 2. The summed E-state index contributed by atoms with van der Waals surface area (Å²) in [5.74, 6) is 2.12. The first-order valence-corrected chi connectivity index (χ1v) is 8.67. The molecular formula is C19H18Cl2N2O2. The molecule has 2 aromatic carbocycles. The molecule has 1 atom stereocenters. The van der Waals surface area contributed by atoms with Gasteiger partial charge in [0.25, 0.3) is 0 Å². The molecule has 0 bridgehead atoms. The number of aryl methyl sites for hydroxylation is 2. The smallest absolute Gasteiger partial charge is 0.146 e. The Balaban J connectivity index is 1.62. The van der Waals surface area contributed by atoms with Crippen LogP contribution in [-0.4, -0.2) is 14.7 Å². The van der Waals surface area contributed by atoms with Crippen LogP contribution in [0.1, 0.15) is 23.9 Å². The highest BCUT2D eigenvalue weighted by atomic mass is 35.5. The number of halogens is 2. The van der Waals surface area contributed by atoms with E-state index in [2.05, 4.69) is 4.98 Å². The lowest BCUT2D eigenvalue weighted by molar-refractivity contribution is 0.161. The van der Waals surface area contributed by atoms with Crippen LogP contribution in [0.15, 0.2) is 54.9 Å². The summed E-state index contributed by atoms with van der Waals surface area (Å²) in [7, 11) is 0. The summed E-state index contributed by atoms with van der Waals surface area (Å²) < 4.78 is 7.77. The van der Waals surface area contributed by atoms with Crippen LogP contribution in [-0.2, 0) is 6.54 Å². The average molecular weight is 377 g/mol. The van der Waals surface area contributed by atoms with Gasteiger partial charge in [-0.1, -0.05) is 35.3 Å². The molecule has 0 saturated heterocycles. The number of benzene rings is 2. The van der Waals surface area contributed by atoms with E-state index in [0.717, 1.165) is 11.4 Å². The number of hydrogen-bond acceptors (Lipinski definition) is 3. The first kappa shape index (κ1) is 17.8. The second-order valence-electron chi connectivity index (χ2n) is 5.72. The largest absolute Gasteiger partial charge is 0.456 e. The zero-order valence-corrected chi connectivity index (χ0v) is 15.2. The summed E-state index contributed by atoms with van der Waals surface area (Å²) in [4.78, 5) is 4.18. The predicted molar refractivity (Wildman–Crippen MR) is 99.5 cm³/mol. The Hall–Kier alpha value is -2.01. The Kier molecular flexibility index (Phi) is 5.63. The average Bonchev–Trinajstić information content (AvgIpc) is 3.01. The summed E-state index contributed by atoms with van der Waals surface area (Å²) in [6.45, 7) is 2.66. The molecule has 130 valence electrons. The van der Waals surface area contributed by atoms with E-state index in [0.29, 0.717) is 34.5 Å². The fraction of sp³-hybridized carbons (Fsp3) is 0.211. The van der Waals surface area contributed by atoms with Crippen LogP contribution in [0.5, 0.6) is 11.5 Å². The molecular weight excluding hydrogens is 359 g/mol. The van der Waals surface area contributed by atoms with Crippen molar-refractivity contribution in [2.24, 2.45) is 0 Å². The van der Waals surface area contributed by atoms with E-state index in [1.165, 1.54) is 0 Å². The maximum absolute atomic E-state index is 10.4. The van der Waals surface area contributed by atoms with E-state index in [-0.39, 0.29) is 0 Å². The van der Waals surface area contributed by atoms with Crippen molar-refractivity contribution < 1.29 is 9.84 Å². The summed E-state index contributed by atoms with van der Waals surface area (Å²) in [5.41, 5.74) is 0.840. The molecule has 3 aromatic rings. The molecule has 1 heterocycles. The molecule has 0 spiro atoms. The molecule has 25 heavy (non-hydrogen) atoms. The van der Waals surface area contributed by atoms with Crippen LogP contribution in [0.3, 0.4) is 0 Å². The van der Waals surface area contributed by atoms with Gasteiger partial charge in [0.05, 0.1) is 11.1 Å². The van der Waals surface area contributed by atoms with E-state index in [9.17, 15) is 5.11 Å².